The summed E-state index contributed by atoms with van der Waals surface area (Å²) >= 11 is 0. The van der Waals surface area contributed by atoms with E-state index in [-0.39, 0.29) is 12.4 Å². The number of ketones is 1. The van der Waals surface area contributed by atoms with Gasteiger partial charge in [0, 0.05) is 12.0 Å². The summed E-state index contributed by atoms with van der Waals surface area (Å²) in [6, 6.07) is 14.1. The van der Waals surface area contributed by atoms with Crippen molar-refractivity contribution in [1.29, 1.82) is 0 Å². The molecule has 1 fully saturated rings. The summed E-state index contributed by atoms with van der Waals surface area (Å²) in [5.41, 5.74) is 2.74. The van der Waals surface area contributed by atoms with Crippen LogP contribution in [-0.2, 0) is 14.3 Å². The molecule has 0 unspecified atom stereocenters. The average molecular weight is 407 g/mol. The number of hydrogen-bond acceptors (Lipinski definition) is 5. The minimum Gasteiger partial charge on any atom is -0.484 e. The fourth-order valence-corrected chi connectivity index (χ4v) is 2.99. The molecule has 0 aromatic heterocycles. The average Bonchev–Trinajstić information content (AvgIpc) is 3.15. The second-order valence-electron chi connectivity index (χ2n) is 7.41. The number of carbonyl (C=O) groups is 3. The number of benzene rings is 2. The molecule has 1 atom stereocenters. The van der Waals surface area contributed by atoms with Gasteiger partial charge in [-0.25, -0.2) is 4.79 Å². The van der Waals surface area contributed by atoms with E-state index in [0.717, 1.165) is 5.56 Å². The summed E-state index contributed by atoms with van der Waals surface area (Å²) in [6.45, 7) is 4.38. The van der Waals surface area contributed by atoms with Crippen LogP contribution in [0, 0.1) is 0 Å². The lowest BCUT2D eigenvalue weighted by Crippen LogP contribution is -2.40. The number of ether oxygens (including phenoxy) is 2. The number of carbonyl (C=O) groups excluding carboxylic acids is 3. The number of allylic oxidation sites excluding steroid dienone is 1. The van der Waals surface area contributed by atoms with Gasteiger partial charge in [0.15, 0.2) is 12.4 Å². The topological polar surface area (TPSA) is 81.7 Å². The lowest BCUT2D eigenvalue weighted by Gasteiger charge is -2.10. The zero-order valence-corrected chi connectivity index (χ0v) is 17.1. The number of rotatable bonds is 8. The first-order chi connectivity index (χ1) is 14.4. The van der Waals surface area contributed by atoms with Gasteiger partial charge in [-0.15, -0.1) is 0 Å². The van der Waals surface area contributed by atoms with Crippen LogP contribution in [-0.4, -0.2) is 36.9 Å². The van der Waals surface area contributed by atoms with Crippen molar-refractivity contribution in [3.8, 4) is 5.75 Å². The van der Waals surface area contributed by atoms with Crippen LogP contribution in [0.25, 0.3) is 6.08 Å². The van der Waals surface area contributed by atoms with Crippen LogP contribution in [0.5, 0.6) is 5.75 Å². The number of esters is 1. The third kappa shape index (κ3) is 5.80. The molecule has 0 saturated carbocycles. The highest BCUT2D eigenvalue weighted by Crippen LogP contribution is 2.16. The summed E-state index contributed by atoms with van der Waals surface area (Å²) in [5, 5.41) is 2.57. The van der Waals surface area contributed by atoms with Crippen LogP contribution in [0.3, 0.4) is 0 Å². The molecule has 1 aliphatic heterocycles. The molecule has 156 valence electrons. The van der Waals surface area contributed by atoms with Crippen molar-refractivity contribution in [1.82, 2.24) is 5.32 Å². The molecule has 1 heterocycles. The molecule has 0 spiro atoms. The largest absolute Gasteiger partial charge is 0.484 e. The van der Waals surface area contributed by atoms with Gasteiger partial charge in [-0.3, -0.25) is 9.59 Å². The lowest BCUT2D eigenvalue weighted by atomic mass is 10.0. The SMILES string of the molecule is CC(C)c1ccc(/C=C/C(=O)c2ccc(OCC(=O)N[C@H]3CCOC3=O)cc2)cc1. The van der Waals surface area contributed by atoms with Gasteiger partial charge in [0.1, 0.15) is 11.8 Å². The van der Waals surface area contributed by atoms with Crippen molar-refractivity contribution >= 4 is 23.7 Å². The Kier molecular flexibility index (Phi) is 7.01. The Morgan fingerprint density at radius 1 is 1.13 bits per heavy atom. The van der Waals surface area contributed by atoms with Crippen molar-refractivity contribution in [3.63, 3.8) is 0 Å². The molecule has 1 N–H and O–H groups in total. The third-order valence-electron chi connectivity index (χ3n) is 4.81. The van der Waals surface area contributed by atoms with Crippen LogP contribution in [0.4, 0.5) is 0 Å². The van der Waals surface area contributed by atoms with Crippen LogP contribution in [0.15, 0.2) is 54.6 Å². The molecule has 6 heteroatoms. The number of nitrogens with one attached hydrogen (secondary N) is 1. The summed E-state index contributed by atoms with van der Waals surface area (Å²) in [4.78, 5) is 35.6. The van der Waals surface area contributed by atoms with Crippen LogP contribution >= 0.6 is 0 Å². The maximum atomic E-state index is 12.4. The second kappa shape index (κ2) is 9.87. The predicted molar refractivity (Wildman–Crippen MR) is 113 cm³/mol. The summed E-state index contributed by atoms with van der Waals surface area (Å²) in [6.07, 6.45) is 3.79. The Hall–Kier alpha value is -3.41. The fourth-order valence-electron chi connectivity index (χ4n) is 2.99. The molecule has 0 aliphatic carbocycles. The van der Waals surface area contributed by atoms with Crippen molar-refractivity contribution in [2.75, 3.05) is 13.2 Å². The number of amides is 1. The zero-order valence-electron chi connectivity index (χ0n) is 17.1. The molecule has 1 amide bonds. The molecule has 3 rings (SSSR count). The van der Waals surface area contributed by atoms with Gasteiger partial charge in [-0.2, -0.15) is 0 Å². The predicted octanol–water partition coefficient (Wildman–Crippen LogP) is 3.52. The van der Waals surface area contributed by atoms with E-state index in [1.54, 1.807) is 30.3 Å². The van der Waals surface area contributed by atoms with E-state index < -0.39 is 17.9 Å². The van der Waals surface area contributed by atoms with Gasteiger partial charge in [-0.05, 0) is 47.4 Å². The van der Waals surface area contributed by atoms with E-state index in [9.17, 15) is 14.4 Å². The standard InChI is InChI=1S/C24H25NO5/c1-16(2)18-6-3-17(4-7-18)5-12-22(26)19-8-10-20(11-9-19)30-15-23(27)25-21-13-14-29-24(21)28/h3-12,16,21H,13-15H2,1-2H3,(H,25,27)/b12-5+/t21-/m0/s1. The highest BCUT2D eigenvalue weighted by Gasteiger charge is 2.27. The molecule has 6 nitrogen and oxygen atoms in total. The highest BCUT2D eigenvalue weighted by molar-refractivity contribution is 6.06. The molecule has 2 aromatic rings. The first-order valence-electron chi connectivity index (χ1n) is 9.93. The first kappa shape index (κ1) is 21.3. The van der Waals surface area contributed by atoms with Gasteiger partial charge in [0.2, 0.25) is 0 Å². The van der Waals surface area contributed by atoms with E-state index in [1.807, 2.05) is 12.1 Å². The molecule has 2 aromatic carbocycles. The van der Waals surface area contributed by atoms with Crippen LogP contribution < -0.4 is 10.1 Å². The monoisotopic (exact) mass is 407 g/mol. The Morgan fingerprint density at radius 2 is 1.83 bits per heavy atom. The minimum atomic E-state index is -0.602. The maximum absolute atomic E-state index is 12.4. The van der Waals surface area contributed by atoms with Gasteiger partial charge < -0.3 is 14.8 Å². The van der Waals surface area contributed by atoms with E-state index in [4.69, 9.17) is 9.47 Å². The van der Waals surface area contributed by atoms with Gasteiger partial charge in [-0.1, -0.05) is 44.2 Å². The molecule has 0 bridgehead atoms. The second-order valence-corrected chi connectivity index (χ2v) is 7.41. The summed E-state index contributed by atoms with van der Waals surface area (Å²) in [7, 11) is 0. The quantitative estimate of drug-likeness (QED) is 0.411. The minimum absolute atomic E-state index is 0.119. The lowest BCUT2D eigenvalue weighted by molar-refractivity contribution is -0.141. The number of hydrogen-bond donors (Lipinski definition) is 1. The zero-order chi connectivity index (χ0) is 21.5. The summed E-state index contributed by atoms with van der Waals surface area (Å²) < 4.78 is 10.2. The van der Waals surface area contributed by atoms with Crippen molar-refractivity contribution in [2.45, 2.75) is 32.2 Å². The molecule has 1 aliphatic rings. The third-order valence-corrected chi connectivity index (χ3v) is 4.81. The number of cyclic esters (lactones) is 1. The molecule has 1 saturated heterocycles. The van der Waals surface area contributed by atoms with Crippen LogP contribution in [0.2, 0.25) is 0 Å². The van der Waals surface area contributed by atoms with E-state index >= 15 is 0 Å². The van der Waals surface area contributed by atoms with Gasteiger partial charge in [0.25, 0.3) is 5.91 Å². The Balaban J connectivity index is 1.50. The van der Waals surface area contributed by atoms with E-state index in [0.29, 0.717) is 30.3 Å². The van der Waals surface area contributed by atoms with E-state index in [2.05, 4.69) is 31.3 Å². The fraction of sp³-hybridized carbons (Fsp3) is 0.292. The molecular formula is C24H25NO5. The smallest absolute Gasteiger partial charge is 0.328 e. The Labute approximate surface area is 175 Å². The summed E-state index contributed by atoms with van der Waals surface area (Å²) in [5.74, 6) is -0.00725. The Morgan fingerprint density at radius 3 is 2.43 bits per heavy atom. The molecular weight excluding hydrogens is 382 g/mol. The van der Waals surface area contributed by atoms with Gasteiger partial charge in [0.05, 0.1) is 6.61 Å². The van der Waals surface area contributed by atoms with Crippen molar-refractivity contribution < 1.29 is 23.9 Å². The van der Waals surface area contributed by atoms with Crippen LogP contribution in [0.1, 0.15) is 47.7 Å². The normalized spacial score (nSPS) is 16.0. The van der Waals surface area contributed by atoms with E-state index in [1.165, 1.54) is 11.6 Å². The van der Waals surface area contributed by atoms with Crippen molar-refractivity contribution in [2.24, 2.45) is 0 Å². The Bertz CT molecular complexity index is 929. The first-order valence-corrected chi connectivity index (χ1v) is 9.93. The molecule has 0 radical (unpaired) electrons. The molecule has 30 heavy (non-hydrogen) atoms. The van der Waals surface area contributed by atoms with Crippen molar-refractivity contribution in [3.05, 3.63) is 71.3 Å². The highest BCUT2D eigenvalue weighted by atomic mass is 16.5. The van der Waals surface area contributed by atoms with Gasteiger partial charge >= 0.3 is 5.97 Å². The maximum Gasteiger partial charge on any atom is 0.328 e.